The summed E-state index contributed by atoms with van der Waals surface area (Å²) < 4.78 is 46.0. The Hall–Kier alpha value is -1.93. The summed E-state index contributed by atoms with van der Waals surface area (Å²) in [6, 6.07) is 8.06. The lowest BCUT2D eigenvalue weighted by Crippen LogP contribution is -2.15. The third-order valence-corrected chi connectivity index (χ3v) is 5.44. The molecule has 0 radical (unpaired) electrons. The molecule has 0 aliphatic rings. The van der Waals surface area contributed by atoms with Gasteiger partial charge in [-0.2, -0.15) is 0 Å². The van der Waals surface area contributed by atoms with Gasteiger partial charge in [-0.15, -0.1) is 0 Å². The summed E-state index contributed by atoms with van der Waals surface area (Å²) >= 11 is 3.13. The molecular formula is C16H15BrFNO4S. The van der Waals surface area contributed by atoms with Gasteiger partial charge in [0, 0.05) is 4.47 Å². The number of hydrogen-bond donors (Lipinski definition) is 1. The van der Waals surface area contributed by atoms with Crippen molar-refractivity contribution in [2.75, 3.05) is 11.3 Å². The molecule has 0 saturated carbocycles. The first-order valence-corrected chi connectivity index (χ1v) is 9.28. The Morgan fingerprint density at radius 3 is 2.58 bits per heavy atom. The van der Waals surface area contributed by atoms with Crippen LogP contribution in [0.2, 0.25) is 0 Å². The molecule has 2 aromatic carbocycles. The second-order valence-corrected chi connectivity index (χ2v) is 7.46. The molecule has 0 aliphatic carbocycles. The van der Waals surface area contributed by atoms with E-state index >= 15 is 0 Å². The minimum Gasteiger partial charge on any atom is -0.462 e. The van der Waals surface area contributed by atoms with Crippen molar-refractivity contribution in [1.82, 2.24) is 0 Å². The summed E-state index contributed by atoms with van der Waals surface area (Å²) in [4.78, 5) is 11.6. The summed E-state index contributed by atoms with van der Waals surface area (Å²) in [6.45, 7) is 3.61. The summed E-state index contributed by atoms with van der Waals surface area (Å²) in [5.74, 6) is -1.23. The van der Waals surface area contributed by atoms with Gasteiger partial charge in [-0.25, -0.2) is 17.6 Å². The Labute approximate surface area is 148 Å². The molecule has 24 heavy (non-hydrogen) atoms. The number of esters is 1. The maximum absolute atomic E-state index is 13.8. The number of sulfonamides is 1. The van der Waals surface area contributed by atoms with Gasteiger partial charge in [-0.05, 0) is 65.7 Å². The predicted molar refractivity (Wildman–Crippen MR) is 92.0 cm³/mol. The lowest BCUT2D eigenvalue weighted by atomic mass is 10.2. The number of halogens is 2. The Morgan fingerprint density at radius 2 is 1.96 bits per heavy atom. The van der Waals surface area contributed by atoms with Crippen molar-refractivity contribution < 1.29 is 22.3 Å². The van der Waals surface area contributed by atoms with Crippen molar-refractivity contribution in [2.24, 2.45) is 0 Å². The van der Waals surface area contributed by atoms with Gasteiger partial charge in [0.15, 0.2) is 0 Å². The zero-order chi connectivity index (χ0) is 17.9. The van der Waals surface area contributed by atoms with Crippen LogP contribution in [-0.2, 0) is 14.8 Å². The van der Waals surface area contributed by atoms with Crippen molar-refractivity contribution >= 4 is 37.6 Å². The van der Waals surface area contributed by atoms with Gasteiger partial charge in [0.1, 0.15) is 10.7 Å². The first kappa shape index (κ1) is 18.4. The maximum atomic E-state index is 13.8. The van der Waals surface area contributed by atoms with Crippen LogP contribution < -0.4 is 4.72 Å². The van der Waals surface area contributed by atoms with E-state index in [1.807, 2.05) is 0 Å². The second-order valence-electron chi connectivity index (χ2n) is 4.95. The van der Waals surface area contributed by atoms with Crippen LogP contribution in [0.15, 0.2) is 45.8 Å². The standard InChI is InChI=1S/C16H15BrFNO4S/c1-3-23-16(20)11-5-7-15(12(17)9-11)24(21,22)19-14-8-10(2)4-6-13(14)18/h4-9,19H,3H2,1-2H3. The molecule has 0 aromatic heterocycles. The lowest BCUT2D eigenvalue weighted by Gasteiger charge is -2.12. The normalized spacial score (nSPS) is 11.2. The fourth-order valence-corrected chi connectivity index (χ4v) is 4.11. The van der Waals surface area contributed by atoms with Crippen LogP contribution in [0.1, 0.15) is 22.8 Å². The van der Waals surface area contributed by atoms with E-state index in [0.29, 0.717) is 5.56 Å². The summed E-state index contributed by atoms with van der Waals surface area (Å²) in [7, 11) is -4.03. The van der Waals surface area contributed by atoms with E-state index in [9.17, 15) is 17.6 Å². The van der Waals surface area contributed by atoms with Gasteiger partial charge in [-0.3, -0.25) is 4.72 Å². The van der Waals surface area contributed by atoms with Gasteiger partial charge in [0.05, 0.1) is 17.9 Å². The Kier molecular flexibility index (Phi) is 5.61. The zero-order valence-corrected chi connectivity index (χ0v) is 15.4. The maximum Gasteiger partial charge on any atom is 0.338 e. The monoisotopic (exact) mass is 415 g/mol. The average molecular weight is 416 g/mol. The molecule has 2 aromatic rings. The summed E-state index contributed by atoms with van der Waals surface area (Å²) in [5.41, 5.74) is 0.784. The lowest BCUT2D eigenvalue weighted by molar-refractivity contribution is 0.0526. The van der Waals surface area contributed by atoms with Crippen LogP contribution in [-0.4, -0.2) is 21.0 Å². The number of carbonyl (C=O) groups is 1. The highest BCUT2D eigenvalue weighted by Gasteiger charge is 2.21. The molecular weight excluding hydrogens is 401 g/mol. The largest absolute Gasteiger partial charge is 0.462 e. The van der Waals surface area contributed by atoms with Crippen molar-refractivity contribution in [3.63, 3.8) is 0 Å². The van der Waals surface area contributed by atoms with E-state index in [2.05, 4.69) is 20.7 Å². The molecule has 0 saturated heterocycles. The SMILES string of the molecule is CCOC(=O)c1ccc(S(=O)(=O)Nc2cc(C)ccc2F)c(Br)c1. The topological polar surface area (TPSA) is 72.5 Å². The molecule has 0 fully saturated rings. The summed E-state index contributed by atoms with van der Waals surface area (Å²) in [6.07, 6.45) is 0. The molecule has 5 nitrogen and oxygen atoms in total. The number of benzene rings is 2. The molecule has 0 unspecified atom stereocenters. The molecule has 0 bridgehead atoms. The number of nitrogens with one attached hydrogen (secondary N) is 1. The Bertz CT molecular complexity index is 884. The molecule has 1 N–H and O–H groups in total. The van der Waals surface area contributed by atoms with E-state index in [1.54, 1.807) is 13.8 Å². The van der Waals surface area contributed by atoms with Gasteiger partial charge < -0.3 is 4.74 Å². The van der Waals surface area contributed by atoms with Crippen LogP contribution in [0, 0.1) is 12.7 Å². The Balaban J connectivity index is 2.36. The van der Waals surface area contributed by atoms with E-state index in [-0.39, 0.29) is 27.2 Å². The highest BCUT2D eigenvalue weighted by Crippen LogP contribution is 2.27. The molecule has 2 rings (SSSR count). The third kappa shape index (κ3) is 4.12. The third-order valence-electron chi connectivity index (χ3n) is 3.10. The number of rotatable bonds is 5. The van der Waals surface area contributed by atoms with Crippen molar-refractivity contribution in [2.45, 2.75) is 18.7 Å². The van der Waals surface area contributed by atoms with E-state index < -0.39 is 21.8 Å². The van der Waals surface area contributed by atoms with E-state index in [4.69, 9.17) is 4.74 Å². The highest BCUT2D eigenvalue weighted by molar-refractivity contribution is 9.10. The number of hydrogen-bond acceptors (Lipinski definition) is 4. The van der Waals surface area contributed by atoms with Crippen LogP contribution in [0.5, 0.6) is 0 Å². The number of aryl methyl sites for hydroxylation is 1. The molecule has 0 heterocycles. The number of carbonyl (C=O) groups excluding carboxylic acids is 1. The van der Waals surface area contributed by atoms with Crippen LogP contribution in [0.4, 0.5) is 10.1 Å². The van der Waals surface area contributed by atoms with Crippen molar-refractivity contribution in [3.8, 4) is 0 Å². The highest BCUT2D eigenvalue weighted by atomic mass is 79.9. The predicted octanol–water partition coefficient (Wildman–Crippen LogP) is 3.87. The van der Waals surface area contributed by atoms with Crippen LogP contribution in [0.25, 0.3) is 0 Å². The van der Waals surface area contributed by atoms with Crippen molar-refractivity contribution in [3.05, 3.63) is 57.8 Å². The molecule has 0 spiro atoms. The first-order chi connectivity index (χ1) is 11.2. The van der Waals surface area contributed by atoms with Gasteiger partial charge >= 0.3 is 5.97 Å². The molecule has 0 amide bonds. The Morgan fingerprint density at radius 1 is 1.25 bits per heavy atom. The minimum absolute atomic E-state index is 0.114. The van der Waals surface area contributed by atoms with Gasteiger partial charge in [0.25, 0.3) is 10.0 Å². The van der Waals surface area contributed by atoms with Crippen LogP contribution >= 0.6 is 15.9 Å². The van der Waals surface area contributed by atoms with Gasteiger partial charge in [-0.1, -0.05) is 6.07 Å². The minimum atomic E-state index is -4.03. The number of anilines is 1. The fourth-order valence-electron chi connectivity index (χ4n) is 1.98. The quantitative estimate of drug-likeness (QED) is 0.752. The zero-order valence-electron chi connectivity index (χ0n) is 13.0. The molecule has 0 aliphatic heterocycles. The number of ether oxygens (including phenoxy) is 1. The van der Waals surface area contributed by atoms with Gasteiger partial charge in [0.2, 0.25) is 0 Å². The molecule has 8 heteroatoms. The second kappa shape index (κ2) is 7.31. The van der Waals surface area contributed by atoms with Crippen LogP contribution in [0.3, 0.4) is 0 Å². The molecule has 0 atom stereocenters. The average Bonchev–Trinajstić information content (AvgIpc) is 2.50. The molecule has 128 valence electrons. The van der Waals surface area contributed by atoms with Crippen molar-refractivity contribution in [1.29, 1.82) is 0 Å². The summed E-state index contributed by atoms with van der Waals surface area (Å²) in [5, 5.41) is 0. The smallest absolute Gasteiger partial charge is 0.338 e. The van der Waals surface area contributed by atoms with E-state index in [0.717, 1.165) is 0 Å². The first-order valence-electron chi connectivity index (χ1n) is 7.00. The van der Waals surface area contributed by atoms with E-state index in [1.165, 1.54) is 36.4 Å². The fraction of sp³-hybridized carbons (Fsp3) is 0.188.